The van der Waals surface area contributed by atoms with E-state index in [9.17, 15) is 22.8 Å². The SMILES string of the molecule is CC(=O)c1ccc(Oc2ccc(NC(=O)c3ccc(C(=O)N4CCN(Cc5ccc(S(=O)(=O)N6CCCC6)cc5)CC4)nc3)cn2)cc1. The molecule has 48 heavy (non-hydrogen) atoms. The summed E-state index contributed by atoms with van der Waals surface area (Å²) in [4.78, 5) is 50.2. The Bertz CT molecular complexity index is 1870. The summed E-state index contributed by atoms with van der Waals surface area (Å²) in [5.74, 6) is 0.230. The highest BCUT2D eigenvalue weighted by Gasteiger charge is 2.27. The van der Waals surface area contributed by atoms with Gasteiger partial charge in [-0.25, -0.2) is 13.4 Å². The summed E-state index contributed by atoms with van der Waals surface area (Å²) >= 11 is 0. The topological polar surface area (TPSA) is 142 Å². The molecular weight excluding hydrogens is 632 g/mol. The van der Waals surface area contributed by atoms with Crippen LogP contribution >= 0.6 is 0 Å². The lowest BCUT2D eigenvalue weighted by Gasteiger charge is -2.34. The lowest BCUT2D eigenvalue weighted by molar-refractivity contribution is 0.0622. The number of amides is 2. The molecule has 0 aliphatic carbocycles. The van der Waals surface area contributed by atoms with E-state index in [0.29, 0.717) is 79.2 Å². The molecular formula is C35H36N6O6S. The van der Waals surface area contributed by atoms with E-state index in [1.54, 1.807) is 69.9 Å². The van der Waals surface area contributed by atoms with Crippen molar-refractivity contribution in [3.8, 4) is 11.6 Å². The maximum absolute atomic E-state index is 13.1. The number of hydrogen-bond donors (Lipinski definition) is 1. The molecule has 4 heterocycles. The second-order valence-corrected chi connectivity index (χ2v) is 13.7. The second kappa shape index (κ2) is 14.4. The molecule has 0 atom stereocenters. The minimum absolute atomic E-state index is 0.0308. The number of ether oxygens (including phenoxy) is 1. The zero-order chi connectivity index (χ0) is 33.7. The molecule has 0 spiro atoms. The molecule has 248 valence electrons. The molecule has 0 saturated carbocycles. The Morgan fingerprint density at radius 1 is 0.771 bits per heavy atom. The highest BCUT2D eigenvalue weighted by Crippen LogP contribution is 2.23. The number of nitrogens with zero attached hydrogens (tertiary/aromatic N) is 5. The second-order valence-electron chi connectivity index (χ2n) is 11.8. The van der Waals surface area contributed by atoms with Crippen LogP contribution in [0.1, 0.15) is 56.5 Å². The number of pyridine rings is 2. The van der Waals surface area contributed by atoms with Crippen LogP contribution in [0.25, 0.3) is 0 Å². The molecule has 1 N–H and O–H groups in total. The van der Waals surface area contributed by atoms with Gasteiger partial charge >= 0.3 is 0 Å². The maximum Gasteiger partial charge on any atom is 0.272 e. The summed E-state index contributed by atoms with van der Waals surface area (Å²) in [5.41, 5.74) is 2.61. The highest BCUT2D eigenvalue weighted by molar-refractivity contribution is 7.89. The molecule has 2 fully saturated rings. The Labute approximate surface area is 279 Å². The molecule has 2 aliphatic heterocycles. The maximum atomic E-state index is 13.1. The number of carbonyl (C=O) groups excluding carboxylic acids is 3. The lowest BCUT2D eigenvalue weighted by Crippen LogP contribution is -2.48. The van der Waals surface area contributed by atoms with Crippen molar-refractivity contribution in [1.29, 1.82) is 0 Å². The van der Waals surface area contributed by atoms with Crippen molar-refractivity contribution >= 4 is 33.3 Å². The van der Waals surface area contributed by atoms with Crippen LogP contribution in [0.4, 0.5) is 5.69 Å². The normalized spacial score (nSPS) is 15.6. The molecule has 2 aromatic heterocycles. The smallest absolute Gasteiger partial charge is 0.272 e. The van der Waals surface area contributed by atoms with Crippen LogP contribution in [0.15, 0.2) is 90.1 Å². The number of Topliss-reactive ketones (excluding diaryl/α,β-unsaturated/α-hetero) is 1. The van der Waals surface area contributed by atoms with Gasteiger partial charge in [-0.05, 0) is 79.9 Å². The number of ketones is 1. The standard InChI is InChI=1S/C35H36N6O6S/c1-25(42)27-6-10-30(11-7-27)47-33-15-9-29(23-37-33)38-34(43)28-8-14-32(36-22-28)35(44)40-20-18-39(19-21-40)24-26-4-12-31(13-5-26)48(45,46)41-16-2-3-17-41/h4-15,22-23H,2-3,16-21,24H2,1H3,(H,38,43). The number of aromatic nitrogens is 2. The third kappa shape index (κ3) is 7.76. The molecule has 2 amide bonds. The van der Waals surface area contributed by atoms with Gasteiger partial charge in [0.15, 0.2) is 5.78 Å². The van der Waals surface area contributed by atoms with E-state index < -0.39 is 15.9 Å². The van der Waals surface area contributed by atoms with E-state index in [1.165, 1.54) is 19.3 Å². The zero-order valence-corrected chi connectivity index (χ0v) is 27.4. The summed E-state index contributed by atoms with van der Waals surface area (Å²) in [7, 11) is -3.43. The van der Waals surface area contributed by atoms with Crippen molar-refractivity contribution in [3.05, 3.63) is 108 Å². The van der Waals surface area contributed by atoms with E-state index in [1.807, 2.05) is 12.1 Å². The fraction of sp³-hybridized carbons (Fsp3) is 0.286. The number of rotatable bonds is 10. The zero-order valence-electron chi connectivity index (χ0n) is 26.5. The van der Waals surface area contributed by atoms with E-state index in [0.717, 1.165) is 18.4 Å². The van der Waals surface area contributed by atoms with Gasteiger partial charge in [0.2, 0.25) is 15.9 Å². The number of benzene rings is 2. The average molecular weight is 669 g/mol. The molecule has 0 radical (unpaired) electrons. The van der Waals surface area contributed by atoms with Gasteiger partial charge in [-0.15, -0.1) is 0 Å². The summed E-state index contributed by atoms with van der Waals surface area (Å²) in [5, 5.41) is 2.76. The first-order valence-electron chi connectivity index (χ1n) is 15.8. The van der Waals surface area contributed by atoms with Crippen LogP contribution in [-0.4, -0.2) is 89.4 Å². The van der Waals surface area contributed by atoms with Crippen LogP contribution in [0.2, 0.25) is 0 Å². The average Bonchev–Trinajstić information content (AvgIpc) is 3.66. The first-order valence-corrected chi connectivity index (χ1v) is 17.2. The molecule has 13 heteroatoms. The summed E-state index contributed by atoms with van der Waals surface area (Å²) in [6.07, 6.45) is 4.65. The monoisotopic (exact) mass is 668 g/mol. The Morgan fingerprint density at radius 3 is 2.06 bits per heavy atom. The number of anilines is 1. The van der Waals surface area contributed by atoms with Crippen molar-refractivity contribution in [1.82, 2.24) is 24.1 Å². The Kier molecular flexibility index (Phi) is 9.90. The number of piperazine rings is 1. The van der Waals surface area contributed by atoms with Crippen LogP contribution in [0.3, 0.4) is 0 Å². The van der Waals surface area contributed by atoms with Gasteiger partial charge in [0.25, 0.3) is 11.8 Å². The fourth-order valence-corrected chi connectivity index (χ4v) is 7.14. The molecule has 6 rings (SSSR count). The minimum atomic E-state index is -3.43. The van der Waals surface area contributed by atoms with Gasteiger partial charge in [0.05, 0.1) is 22.3 Å². The van der Waals surface area contributed by atoms with Gasteiger partial charge in [0, 0.05) is 63.6 Å². The highest BCUT2D eigenvalue weighted by atomic mass is 32.2. The van der Waals surface area contributed by atoms with Gasteiger partial charge in [-0.3, -0.25) is 24.3 Å². The Balaban J connectivity index is 0.963. The largest absolute Gasteiger partial charge is 0.439 e. The first kappa shape index (κ1) is 32.9. The molecule has 2 saturated heterocycles. The Hall–Kier alpha value is -4.98. The predicted molar refractivity (Wildman–Crippen MR) is 179 cm³/mol. The molecule has 0 bridgehead atoms. The Morgan fingerprint density at radius 2 is 1.46 bits per heavy atom. The first-order chi connectivity index (χ1) is 23.2. The fourth-order valence-electron chi connectivity index (χ4n) is 5.62. The van der Waals surface area contributed by atoms with Gasteiger partial charge < -0.3 is 15.0 Å². The third-order valence-electron chi connectivity index (χ3n) is 8.41. The number of carbonyl (C=O) groups is 3. The lowest BCUT2D eigenvalue weighted by atomic mass is 10.1. The van der Waals surface area contributed by atoms with E-state index in [-0.39, 0.29) is 17.4 Å². The summed E-state index contributed by atoms with van der Waals surface area (Å²) < 4.78 is 32.8. The number of nitrogens with one attached hydrogen (secondary N) is 1. The van der Waals surface area contributed by atoms with E-state index in [2.05, 4.69) is 20.2 Å². The summed E-state index contributed by atoms with van der Waals surface area (Å²) in [6.45, 7) is 5.71. The van der Waals surface area contributed by atoms with Crippen molar-refractivity contribution in [2.24, 2.45) is 0 Å². The van der Waals surface area contributed by atoms with Crippen LogP contribution in [0.5, 0.6) is 11.6 Å². The molecule has 2 aliphatic rings. The predicted octanol–water partition coefficient (Wildman–Crippen LogP) is 4.47. The van der Waals surface area contributed by atoms with Crippen molar-refractivity contribution < 1.29 is 27.5 Å². The molecule has 0 unspecified atom stereocenters. The van der Waals surface area contributed by atoms with E-state index in [4.69, 9.17) is 4.74 Å². The van der Waals surface area contributed by atoms with E-state index >= 15 is 0 Å². The van der Waals surface area contributed by atoms with Crippen molar-refractivity contribution in [3.63, 3.8) is 0 Å². The van der Waals surface area contributed by atoms with Gasteiger partial charge in [-0.2, -0.15) is 4.31 Å². The van der Waals surface area contributed by atoms with Gasteiger partial charge in [0.1, 0.15) is 11.4 Å². The van der Waals surface area contributed by atoms with Crippen molar-refractivity contribution in [2.45, 2.75) is 31.2 Å². The summed E-state index contributed by atoms with van der Waals surface area (Å²) in [6, 6.07) is 20.2. The minimum Gasteiger partial charge on any atom is -0.439 e. The number of sulfonamides is 1. The van der Waals surface area contributed by atoms with Crippen molar-refractivity contribution in [2.75, 3.05) is 44.6 Å². The third-order valence-corrected chi connectivity index (χ3v) is 10.3. The van der Waals surface area contributed by atoms with Crippen LogP contribution in [-0.2, 0) is 16.6 Å². The van der Waals surface area contributed by atoms with Crippen LogP contribution < -0.4 is 10.1 Å². The molecule has 2 aromatic carbocycles. The van der Waals surface area contributed by atoms with Crippen LogP contribution in [0, 0.1) is 0 Å². The quantitative estimate of drug-likeness (QED) is 0.242. The molecule has 12 nitrogen and oxygen atoms in total. The number of hydrogen-bond acceptors (Lipinski definition) is 9. The van der Waals surface area contributed by atoms with Gasteiger partial charge in [-0.1, -0.05) is 12.1 Å². The molecule has 4 aromatic rings.